The van der Waals surface area contributed by atoms with Crippen LogP contribution in [0, 0.1) is 0 Å². The van der Waals surface area contributed by atoms with Gasteiger partial charge in [0.15, 0.2) is 0 Å². The van der Waals surface area contributed by atoms with Gasteiger partial charge in [-0.15, -0.1) is 0 Å². The van der Waals surface area contributed by atoms with E-state index in [0.29, 0.717) is 21.8 Å². The number of nitrogens with zero attached hydrogens (tertiary/aromatic N) is 1. The maximum atomic E-state index is 12.1. The number of halogens is 1. The Balaban J connectivity index is 2.18. The van der Waals surface area contributed by atoms with E-state index in [1.54, 1.807) is 62.6 Å². The highest BCUT2D eigenvalue weighted by Crippen LogP contribution is 2.15. The molecule has 0 aliphatic heterocycles. The SMILES string of the molecule is CN(C)C(=O)c1cccc(NC(=O)c2cccc(Cl)c2)c1. The van der Waals surface area contributed by atoms with Crippen molar-refractivity contribution in [2.45, 2.75) is 0 Å². The molecule has 108 valence electrons. The standard InChI is InChI=1S/C16H15ClN2O2/c1-19(2)16(21)12-6-4-8-14(10-12)18-15(20)11-5-3-7-13(17)9-11/h3-10H,1-2H3,(H,18,20). The van der Waals surface area contributed by atoms with E-state index >= 15 is 0 Å². The number of hydrogen-bond donors (Lipinski definition) is 1. The van der Waals surface area contributed by atoms with Gasteiger partial charge in [-0.25, -0.2) is 0 Å². The monoisotopic (exact) mass is 302 g/mol. The fourth-order valence-electron chi connectivity index (χ4n) is 1.82. The molecule has 0 unspecified atom stereocenters. The molecule has 5 heteroatoms. The van der Waals surface area contributed by atoms with Gasteiger partial charge in [0, 0.05) is 35.9 Å². The molecule has 0 saturated heterocycles. The van der Waals surface area contributed by atoms with E-state index in [4.69, 9.17) is 11.6 Å². The van der Waals surface area contributed by atoms with Crippen molar-refractivity contribution in [3.63, 3.8) is 0 Å². The maximum Gasteiger partial charge on any atom is 0.255 e. The molecule has 2 amide bonds. The first kappa shape index (κ1) is 15.1. The summed E-state index contributed by atoms with van der Waals surface area (Å²) in [5.41, 5.74) is 1.54. The van der Waals surface area contributed by atoms with Crippen LogP contribution in [0.2, 0.25) is 5.02 Å². The summed E-state index contributed by atoms with van der Waals surface area (Å²) in [6, 6.07) is 13.5. The van der Waals surface area contributed by atoms with Crippen LogP contribution in [0.5, 0.6) is 0 Å². The first-order valence-corrected chi connectivity index (χ1v) is 6.74. The first-order chi connectivity index (χ1) is 9.97. The van der Waals surface area contributed by atoms with Crippen LogP contribution in [0.4, 0.5) is 5.69 Å². The fraction of sp³-hybridized carbons (Fsp3) is 0.125. The Bertz CT molecular complexity index is 683. The van der Waals surface area contributed by atoms with E-state index in [2.05, 4.69) is 5.32 Å². The molecule has 0 fully saturated rings. The van der Waals surface area contributed by atoms with Crippen molar-refractivity contribution in [3.8, 4) is 0 Å². The zero-order valence-electron chi connectivity index (χ0n) is 11.8. The van der Waals surface area contributed by atoms with Crippen LogP contribution >= 0.6 is 11.6 Å². The molecular formula is C16H15ClN2O2. The van der Waals surface area contributed by atoms with Crippen LogP contribution in [0.1, 0.15) is 20.7 Å². The molecule has 0 bridgehead atoms. The van der Waals surface area contributed by atoms with Crippen molar-refractivity contribution in [2.75, 3.05) is 19.4 Å². The van der Waals surface area contributed by atoms with Gasteiger partial charge in [0.2, 0.25) is 0 Å². The molecule has 0 radical (unpaired) electrons. The molecule has 4 nitrogen and oxygen atoms in total. The highest BCUT2D eigenvalue weighted by molar-refractivity contribution is 6.31. The second-order valence-corrected chi connectivity index (χ2v) is 5.18. The smallest absolute Gasteiger partial charge is 0.255 e. The fourth-order valence-corrected chi connectivity index (χ4v) is 2.01. The predicted molar refractivity (Wildman–Crippen MR) is 83.9 cm³/mol. The van der Waals surface area contributed by atoms with Crippen LogP contribution in [0.15, 0.2) is 48.5 Å². The summed E-state index contributed by atoms with van der Waals surface area (Å²) in [5.74, 6) is -0.388. The summed E-state index contributed by atoms with van der Waals surface area (Å²) < 4.78 is 0. The number of carbonyl (C=O) groups excluding carboxylic acids is 2. The van der Waals surface area contributed by atoms with Crippen molar-refractivity contribution in [1.29, 1.82) is 0 Å². The molecular weight excluding hydrogens is 288 g/mol. The quantitative estimate of drug-likeness (QED) is 0.946. The number of carbonyl (C=O) groups is 2. The van der Waals surface area contributed by atoms with Crippen LogP contribution in [0.3, 0.4) is 0 Å². The van der Waals surface area contributed by atoms with E-state index in [0.717, 1.165) is 0 Å². The number of hydrogen-bond acceptors (Lipinski definition) is 2. The molecule has 2 aromatic carbocycles. The highest BCUT2D eigenvalue weighted by atomic mass is 35.5. The topological polar surface area (TPSA) is 49.4 Å². The Morgan fingerprint density at radius 2 is 1.67 bits per heavy atom. The van der Waals surface area contributed by atoms with Crippen molar-refractivity contribution in [2.24, 2.45) is 0 Å². The molecule has 2 rings (SSSR count). The van der Waals surface area contributed by atoms with Gasteiger partial charge in [-0.3, -0.25) is 9.59 Å². The Morgan fingerprint density at radius 1 is 1.00 bits per heavy atom. The molecule has 0 aromatic heterocycles. The Hall–Kier alpha value is -2.33. The molecule has 21 heavy (non-hydrogen) atoms. The Morgan fingerprint density at radius 3 is 2.33 bits per heavy atom. The minimum atomic E-state index is -0.271. The van der Waals surface area contributed by atoms with Crippen molar-refractivity contribution in [1.82, 2.24) is 4.90 Å². The average molecular weight is 303 g/mol. The van der Waals surface area contributed by atoms with Gasteiger partial charge in [-0.2, -0.15) is 0 Å². The lowest BCUT2D eigenvalue weighted by molar-refractivity contribution is 0.0827. The van der Waals surface area contributed by atoms with E-state index in [9.17, 15) is 9.59 Å². The Labute approximate surface area is 128 Å². The molecule has 0 atom stereocenters. The van der Waals surface area contributed by atoms with Gasteiger partial charge in [0.05, 0.1) is 0 Å². The maximum absolute atomic E-state index is 12.1. The number of rotatable bonds is 3. The summed E-state index contributed by atoms with van der Waals surface area (Å²) in [4.78, 5) is 25.5. The molecule has 0 heterocycles. The van der Waals surface area contributed by atoms with Gasteiger partial charge < -0.3 is 10.2 Å². The van der Waals surface area contributed by atoms with Crippen LogP contribution in [-0.2, 0) is 0 Å². The third-order valence-electron chi connectivity index (χ3n) is 2.86. The largest absolute Gasteiger partial charge is 0.345 e. The molecule has 1 N–H and O–H groups in total. The molecule has 2 aromatic rings. The molecule has 0 aliphatic carbocycles. The van der Waals surface area contributed by atoms with Gasteiger partial charge in [0.1, 0.15) is 0 Å². The average Bonchev–Trinajstić information content (AvgIpc) is 2.46. The second kappa shape index (κ2) is 6.41. The van der Waals surface area contributed by atoms with E-state index in [-0.39, 0.29) is 11.8 Å². The normalized spacial score (nSPS) is 10.0. The predicted octanol–water partition coefficient (Wildman–Crippen LogP) is 3.29. The molecule has 0 aliphatic rings. The highest BCUT2D eigenvalue weighted by Gasteiger charge is 2.10. The van der Waals surface area contributed by atoms with Gasteiger partial charge in [0.25, 0.3) is 11.8 Å². The minimum absolute atomic E-state index is 0.117. The zero-order valence-corrected chi connectivity index (χ0v) is 12.5. The van der Waals surface area contributed by atoms with Crippen molar-refractivity contribution in [3.05, 3.63) is 64.7 Å². The lowest BCUT2D eigenvalue weighted by Crippen LogP contribution is -2.21. The summed E-state index contributed by atoms with van der Waals surface area (Å²) >= 11 is 5.86. The van der Waals surface area contributed by atoms with Gasteiger partial charge in [-0.1, -0.05) is 23.7 Å². The van der Waals surface area contributed by atoms with Crippen molar-refractivity contribution < 1.29 is 9.59 Å². The van der Waals surface area contributed by atoms with Gasteiger partial charge >= 0.3 is 0 Å². The van der Waals surface area contributed by atoms with E-state index in [1.807, 2.05) is 0 Å². The zero-order chi connectivity index (χ0) is 15.4. The van der Waals surface area contributed by atoms with E-state index in [1.165, 1.54) is 4.90 Å². The first-order valence-electron chi connectivity index (χ1n) is 6.36. The second-order valence-electron chi connectivity index (χ2n) is 4.74. The minimum Gasteiger partial charge on any atom is -0.345 e. The van der Waals surface area contributed by atoms with Gasteiger partial charge in [-0.05, 0) is 36.4 Å². The van der Waals surface area contributed by atoms with E-state index < -0.39 is 0 Å². The number of benzene rings is 2. The van der Waals surface area contributed by atoms with Crippen LogP contribution in [0.25, 0.3) is 0 Å². The lowest BCUT2D eigenvalue weighted by atomic mass is 10.1. The summed E-state index contributed by atoms with van der Waals surface area (Å²) in [6.45, 7) is 0. The third kappa shape index (κ3) is 3.83. The third-order valence-corrected chi connectivity index (χ3v) is 3.10. The lowest BCUT2D eigenvalue weighted by Gasteiger charge is -2.11. The summed E-state index contributed by atoms with van der Waals surface area (Å²) in [6.07, 6.45) is 0. The van der Waals surface area contributed by atoms with Crippen LogP contribution in [-0.4, -0.2) is 30.8 Å². The Kier molecular flexibility index (Phi) is 4.60. The van der Waals surface area contributed by atoms with Crippen molar-refractivity contribution >= 4 is 29.1 Å². The molecule has 0 spiro atoms. The number of anilines is 1. The number of nitrogens with one attached hydrogen (secondary N) is 1. The molecule has 0 saturated carbocycles. The van der Waals surface area contributed by atoms with Crippen LogP contribution < -0.4 is 5.32 Å². The number of amides is 2. The summed E-state index contributed by atoms with van der Waals surface area (Å²) in [7, 11) is 3.36. The summed E-state index contributed by atoms with van der Waals surface area (Å²) in [5, 5.41) is 3.25.